The van der Waals surface area contributed by atoms with Gasteiger partial charge in [0.2, 0.25) is 0 Å². The summed E-state index contributed by atoms with van der Waals surface area (Å²) in [6, 6.07) is 5.46. The Bertz CT molecular complexity index is 349. The minimum atomic E-state index is -0.822. The van der Waals surface area contributed by atoms with Crippen LogP contribution in [0, 0.1) is 5.41 Å². The number of nitrogens with one attached hydrogen (secondary N) is 1. The maximum absolute atomic E-state index is 11.0. The molecular formula is C10H12N2O3. The van der Waals surface area contributed by atoms with Crippen LogP contribution in [0.3, 0.4) is 0 Å². The lowest BCUT2D eigenvalue weighted by atomic mass is 9.86. The molecule has 0 aromatic carbocycles. The number of hydrogen-bond acceptors (Lipinski definition) is 4. The Labute approximate surface area is 87.1 Å². The van der Waals surface area contributed by atoms with E-state index in [-0.39, 0.29) is 13.2 Å². The van der Waals surface area contributed by atoms with Gasteiger partial charge >= 0.3 is 5.97 Å². The van der Waals surface area contributed by atoms with Crippen LogP contribution in [-0.4, -0.2) is 35.8 Å². The molecule has 80 valence electrons. The lowest BCUT2D eigenvalue weighted by Gasteiger charge is -2.37. The molecule has 1 aromatic rings. The predicted octanol–water partition coefficient (Wildman–Crippen LogP) is 0.595. The fraction of sp³-hybridized carbons (Fsp3) is 0.400. The van der Waals surface area contributed by atoms with Crippen molar-refractivity contribution in [1.29, 1.82) is 0 Å². The highest BCUT2D eigenvalue weighted by atomic mass is 16.5. The highest BCUT2D eigenvalue weighted by Crippen LogP contribution is 2.27. The van der Waals surface area contributed by atoms with Crippen LogP contribution in [0.25, 0.3) is 0 Å². The molecule has 1 aliphatic heterocycles. The lowest BCUT2D eigenvalue weighted by molar-refractivity contribution is -0.176. The molecule has 5 nitrogen and oxygen atoms in total. The molecule has 0 aliphatic carbocycles. The van der Waals surface area contributed by atoms with E-state index in [1.165, 1.54) is 0 Å². The standard InChI is InChI=1S/C10H12N2O3/c13-9(14)10(6-15-7-10)5-12-8-3-1-2-4-11-8/h1-4H,5-7H2,(H,11,12)(H,13,14). The Morgan fingerprint density at radius 3 is 2.87 bits per heavy atom. The van der Waals surface area contributed by atoms with Crippen LogP contribution in [0.1, 0.15) is 0 Å². The molecule has 0 bridgehead atoms. The maximum Gasteiger partial charge on any atom is 0.316 e. The van der Waals surface area contributed by atoms with Crippen molar-refractivity contribution in [1.82, 2.24) is 4.98 Å². The summed E-state index contributed by atoms with van der Waals surface area (Å²) in [6.45, 7) is 0.879. The molecule has 1 saturated heterocycles. The smallest absolute Gasteiger partial charge is 0.316 e. The second-order valence-electron chi connectivity index (χ2n) is 3.65. The summed E-state index contributed by atoms with van der Waals surface area (Å²) in [6.07, 6.45) is 1.66. The fourth-order valence-corrected chi connectivity index (χ4v) is 1.38. The van der Waals surface area contributed by atoms with Crippen molar-refractivity contribution >= 4 is 11.8 Å². The number of carbonyl (C=O) groups is 1. The van der Waals surface area contributed by atoms with Crippen LogP contribution >= 0.6 is 0 Å². The fourth-order valence-electron chi connectivity index (χ4n) is 1.38. The number of ether oxygens (including phenoxy) is 1. The van der Waals surface area contributed by atoms with Crippen molar-refractivity contribution in [3.05, 3.63) is 24.4 Å². The number of aromatic nitrogens is 1. The Hall–Kier alpha value is -1.62. The third-order valence-electron chi connectivity index (χ3n) is 2.48. The molecule has 1 aromatic heterocycles. The van der Waals surface area contributed by atoms with E-state index >= 15 is 0 Å². The summed E-state index contributed by atoms with van der Waals surface area (Å²) in [5.74, 6) is -0.137. The van der Waals surface area contributed by atoms with Gasteiger partial charge in [0.1, 0.15) is 11.2 Å². The number of pyridine rings is 1. The summed E-state index contributed by atoms with van der Waals surface area (Å²) in [4.78, 5) is 15.0. The summed E-state index contributed by atoms with van der Waals surface area (Å²) in [5, 5.41) is 12.0. The van der Waals surface area contributed by atoms with E-state index in [1.807, 2.05) is 12.1 Å². The first-order valence-corrected chi connectivity index (χ1v) is 4.69. The number of carboxylic acids is 1. The summed E-state index contributed by atoms with van der Waals surface area (Å²) >= 11 is 0. The number of anilines is 1. The van der Waals surface area contributed by atoms with Gasteiger partial charge < -0.3 is 15.2 Å². The molecule has 1 aliphatic rings. The van der Waals surface area contributed by atoms with Crippen LogP contribution in [0.2, 0.25) is 0 Å². The van der Waals surface area contributed by atoms with E-state index in [0.717, 1.165) is 0 Å². The Morgan fingerprint density at radius 1 is 1.60 bits per heavy atom. The third kappa shape index (κ3) is 1.92. The van der Waals surface area contributed by atoms with Gasteiger partial charge in [0.05, 0.1) is 13.2 Å². The summed E-state index contributed by atoms with van der Waals surface area (Å²) in [7, 11) is 0. The molecule has 0 amide bonds. The van der Waals surface area contributed by atoms with E-state index in [2.05, 4.69) is 10.3 Å². The molecule has 2 rings (SSSR count). The van der Waals surface area contributed by atoms with Crippen molar-refractivity contribution < 1.29 is 14.6 Å². The monoisotopic (exact) mass is 208 g/mol. The molecule has 5 heteroatoms. The van der Waals surface area contributed by atoms with Gasteiger partial charge in [0.15, 0.2) is 0 Å². The van der Waals surface area contributed by atoms with Gasteiger partial charge in [0, 0.05) is 12.7 Å². The van der Waals surface area contributed by atoms with Crippen LogP contribution < -0.4 is 5.32 Å². The van der Waals surface area contributed by atoms with Gasteiger partial charge in [-0.1, -0.05) is 6.07 Å². The van der Waals surface area contributed by atoms with Crippen molar-refractivity contribution in [3.63, 3.8) is 0 Å². The first-order valence-electron chi connectivity index (χ1n) is 4.69. The number of nitrogens with zero attached hydrogens (tertiary/aromatic N) is 1. The van der Waals surface area contributed by atoms with Gasteiger partial charge in [0.25, 0.3) is 0 Å². The average molecular weight is 208 g/mol. The molecular weight excluding hydrogens is 196 g/mol. The SMILES string of the molecule is O=C(O)C1(CNc2ccccn2)COC1. The van der Waals surface area contributed by atoms with Gasteiger partial charge in [-0.15, -0.1) is 0 Å². The first kappa shape index (κ1) is 9.92. The van der Waals surface area contributed by atoms with Gasteiger partial charge in [-0.05, 0) is 12.1 Å². The van der Waals surface area contributed by atoms with Crippen molar-refractivity contribution in [3.8, 4) is 0 Å². The second kappa shape index (κ2) is 3.86. The predicted molar refractivity (Wildman–Crippen MR) is 53.6 cm³/mol. The Morgan fingerprint density at radius 2 is 2.40 bits per heavy atom. The second-order valence-corrected chi connectivity index (χ2v) is 3.65. The summed E-state index contributed by atoms with van der Waals surface area (Å²) in [5.41, 5.74) is -0.780. The van der Waals surface area contributed by atoms with Gasteiger partial charge in [-0.3, -0.25) is 4.79 Å². The molecule has 0 atom stereocenters. The summed E-state index contributed by atoms with van der Waals surface area (Å²) < 4.78 is 4.95. The molecule has 2 heterocycles. The Kier molecular flexibility index (Phi) is 2.55. The van der Waals surface area contributed by atoms with Gasteiger partial charge in [-0.25, -0.2) is 4.98 Å². The van der Waals surface area contributed by atoms with Gasteiger partial charge in [-0.2, -0.15) is 0 Å². The Balaban J connectivity index is 1.95. The molecule has 1 fully saturated rings. The topological polar surface area (TPSA) is 71.5 Å². The van der Waals surface area contributed by atoms with Crippen LogP contribution in [0.4, 0.5) is 5.82 Å². The molecule has 0 saturated carbocycles. The first-order chi connectivity index (χ1) is 7.23. The van der Waals surface area contributed by atoms with E-state index < -0.39 is 11.4 Å². The zero-order valence-corrected chi connectivity index (χ0v) is 8.14. The largest absolute Gasteiger partial charge is 0.481 e. The minimum absolute atomic E-state index is 0.266. The third-order valence-corrected chi connectivity index (χ3v) is 2.48. The van der Waals surface area contributed by atoms with Crippen molar-refractivity contribution in [2.45, 2.75) is 0 Å². The van der Waals surface area contributed by atoms with Crippen molar-refractivity contribution in [2.75, 3.05) is 25.1 Å². The molecule has 15 heavy (non-hydrogen) atoms. The van der Waals surface area contributed by atoms with E-state index in [1.54, 1.807) is 12.3 Å². The average Bonchev–Trinajstić information content (AvgIpc) is 2.17. The zero-order valence-electron chi connectivity index (χ0n) is 8.14. The molecule has 0 radical (unpaired) electrons. The van der Waals surface area contributed by atoms with Crippen molar-refractivity contribution in [2.24, 2.45) is 5.41 Å². The van der Waals surface area contributed by atoms with E-state index in [9.17, 15) is 4.79 Å². The highest BCUT2D eigenvalue weighted by Gasteiger charge is 2.46. The van der Waals surface area contributed by atoms with Crippen LogP contribution in [0.15, 0.2) is 24.4 Å². The molecule has 2 N–H and O–H groups in total. The zero-order chi connectivity index (χ0) is 10.7. The minimum Gasteiger partial charge on any atom is -0.481 e. The number of hydrogen-bond donors (Lipinski definition) is 2. The normalized spacial score (nSPS) is 17.9. The van der Waals surface area contributed by atoms with Crippen LogP contribution in [-0.2, 0) is 9.53 Å². The maximum atomic E-state index is 11.0. The van der Waals surface area contributed by atoms with E-state index in [4.69, 9.17) is 9.84 Å². The van der Waals surface area contributed by atoms with Crippen LogP contribution in [0.5, 0.6) is 0 Å². The number of carboxylic acid groups (broad SMARTS) is 1. The molecule has 0 unspecified atom stereocenters. The number of aliphatic carboxylic acids is 1. The number of rotatable bonds is 4. The highest BCUT2D eigenvalue weighted by molar-refractivity contribution is 5.76. The van der Waals surface area contributed by atoms with E-state index in [0.29, 0.717) is 12.4 Å². The molecule has 0 spiro atoms. The quantitative estimate of drug-likeness (QED) is 0.758. The lowest BCUT2D eigenvalue weighted by Crippen LogP contribution is -2.53.